The lowest BCUT2D eigenvalue weighted by atomic mass is 10.0. The summed E-state index contributed by atoms with van der Waals surface area (Å²) in [6.07, 6.45) is 67.0. The number of esters is 3. The molecule has 0 radical (unpaired) electrons. The molecule has 0 amide bonds. The molecule has 6 nitrogen and oxygen atoms in total. The van der Waals surface area contributed by atoms with Crippen molar-refractivity contribution in [1.29, 1.82) is 0 Å². The van der Waals surface area contributed by atoms with Gasteiger partial charge in [-0.1, -0.05) is 256 Å². The Morgan fingerprint density at radius 1 is 0.299 bits per heavy atom. The summed E-state index contributed by atoms with van der Waals surface area (Å²) < 4.78 is 16.9. The number of hydrogen-bond acceptors (Lipinski definition) is 6. The molecule has 6 heteroatoms. The minimum absolute atomic E-state index is 0.0755. The van der Waals surface area contributed by atoms with E-state index < -0.39 is 6.10 Å². The van der Waals surface area contributed by atoms with E-state index in [4.69, 9.17) is 14.2 Å². The molecule has 0 spiro atoms. The van der Waals surface area contributed by atoms with Crippen molar-refractivity contribution in [2.24, 2.45) is 0 Å². The minimum atomic E-state index is -0.776. The van der Waals surface area contributed by atoms with Crippen LogP contribution in [0, 0.1) is 0 Å². The van der Waals surface area contributed by atoms with Crippen LogP contribution in [0.15, 0.2) is 36.5 Å². The molecule has 0 saturated heterocycles. The molecule has 0 rings (SSSR count). The maximum absolute atomic E-state index is 12.9. The predicted octanol–water partition coefficient (Wildman–Crippen LogP) is 19.7. The van der Waals surface area contributed by atoms with Crippen molar-refractivity contribution in [3.05, 3.63) is 36.5 Å². The van der Waals surface area contributed by atoms with Crippen LogP contribution in [-0.4, -0.2) is 37.2 Å². The zero-order valence-corrected chi connectivity index (χ0v) is 44.9. The van der Waals surface area contributed by atoms with Crippen molar-refractivity contribution < 1.29 is 28.6 Å². The molecule has 0 aliphatic rings. The van der Waals surface area contributed by atoms with Crippen molar-refractivity contribution in [3.8, 4) is 0 Å². The Hall–Kier alpha value is -2.37. The van der Waals surface area contributed by atoms with Crippen molar-refractivity contribution >= 4 is 17.9 Å². The maximum atomic E-state index is 12.9. The second-order valence-electron chi connectivity index (χ2n) is 19.9. The number of allylic oxidation sites excluding steroid dienone is 6. The van der Waals surface area contributed by atoms with E-state index in [-0.39, 0.29) is 31.1 Å². The molecule has 0 bridgehead atoms. The van der Waals surface area contributed by atoms with Crippen molar-refractivity contribution in [2.75, 3.05) is 13.2 Å². The molecule has 0 saturated carbocycles. The number of rotatable bonds is 54. The minimum Gasteiger partial charge on any atom is -0.462 e. The van der Waals surface area contributed by atoms with Crippen molar-refractivity contribution in [3.63, 3.8) is 0 Å². The third-order valence-electron chi connectivity index (χ3n) is 13.1. The van der Waals surface area contributed by atoms with E-state index in [2.05, 4.69) is 57.2 Å². The Morgan fingerprint density at radius 2 is 0.537 bits per heavy atom. The lowest BCUT2D eigenvalue weighted by Crippen LogP contribution is -2.30. The van der Waals surface area contributed by atoms with Crippen LogP contribution in [0.25, 0.3) is 0 Å². The second kappa shape index (κ2) is 56.2. The topological polar surface area (TPSA) is 78.9 Å². The number of carbonyl (C=O) groups excluding carboxylic acids is 3. The predicted molar refractivity (Wildman–Crippen MR) is 289 cm³/mol. The zero-order chi connectivity index (χ0) is 48.6. The fourth-order valence-electron chi connectivity index (χ4n) is 8.65. The molecule has 1 atom stereocenters. The molecule has 0 heterocycles. The molecule has 0 aromatic rings. The first-order chi connectivity index (χ1) is 33.0. The largest absolute Gasteiger partial charge is 0.462 e. The van der Waals surface area contributed by atoms with Gasteiger partial charge in [-0.15, -0.1) is 0 Å². The average molecular weight is 942 g/mol. The smallest absolute Gasteiger partial charge is 0.306 e. The van der Waals surface area contributed by atoms with E-state index >= 15 is 0 Å². The van der Waals surface area contributed by atoms with Crippen LogP contribution in [0.4, 0.5) is 0 Å². The number of carbonyl (C=O) groups is 3. The number of hydrogen-bond donors (Lipinski definition) is 0. The van der Waals surface area contributed by atoms with E-state index in [9.17, 15) is 14.4 Å². The monoisotopic (exact) mass is 941 g/mol. The van der Waals surface area contributed by atoms with Crippen molar-refractivity contribution in [1.82, 2.24) is 0 Å². The summed E-state index contributed by atoms with van der Waals surface area (Å²) in [5, 5.41) is 0. The first-order valence-corrected chi connectivity index (χ1v) is 29.5. The van der Waals surface area contributed by atoms with Gasteiger partial charge in [0.25, 0.3) is 0 Å². The quantitative estimate of drug-likeness (QED) is 0.0262. The SMILES string of the molecule is CCCCC/C=C\C/C=C\CCCCCCCCCC(=O)OC[C@H](COC(=O)CCCCCCC/C=C\CCCCCC)OC(=O)CCCCCCCCCCCCCCCCCCCCC. The Labute approximate surface area is 416 Å². The van der Waals surface area contributed by atoms with Gasteiger partial charge in [-0.3, -0.25) is 14.4 Å². The Balaban J connectivity index is 4.33. The van der Waals surface area contributed by atoms with E-state index in [1.807, 2.05) is 0 Å². The van der Waals surface area contributed by atoms with Gasteiger partial charge in [-0.05, 0) is 77.0 Å². The maximum Gasteiger partial charge on any atom is 0.306 e. The van der Waals surface area contributed by atoms with Crippen LogP contribution in [0.2, 0.25) is 0 Å². The summed E-state index contributed by atoms with van der Waals surface area (Å²) in [4.78, 5) is 38.2. The van der Waals surface area contributed by atoms with E-state index in [0.717, 1.165) is 77.0 Å². The number of unbranched alkanes of at least 4 members (excludes halogenated alkanes) is 37. The summed E-state index contributed by atoms with van der Waals surface area (Å²) in [5.41, 5.74) is 0. The highest BCUT2D eigenvalue weighted by molar-refractivity contribution is 5.71. The van der Waals surface area contributed by atoms with Gasteiger partial charge < -0.3 is 14.2 Å². The fraction of sp³-hybridized carbons (Fsp3) is 0.852. The summed E-state index contributed by atoms with van der Waals surface area (Å²) in [6, 6.07) is 0. The molecular weight excluding hydrogens is 829 g/mol. The van der Waals surface area contributed by atoms with Gasteiger partial charge in [-0.25, -0.2) is 0 Å². The first-order valence-electron chi connectivity index (χ1n) is 29.5. The lowest BCUT2D eigenvalue weighted by Gasteiger charge is -2.18. The normalized spacial score (nSPS) is 12.2. The fourth-order valence-corrected chi connectivity index (χ4v) is 8.65. The molecule has 392 valence electrons. The Kier molecular flexibility index (Phi) is 54.2. The molecule has 0 aromatic carbocycles. The van der Waals surface area contributed by atoms with Crippen molar-refractivity contribution in [2.45, 2.75) is 322 Å². The highest BCUT2D eigenvalue weighted by atomic mass is 16.6. The molecule has 0 unspecified atom stereocenters. The van der Waals surface area contributed by atoms with Gasteiger partial charge in [0.15, 0.2) is 6.10 Å². The highest BCUT2D eigenvalue weighted by Crippen LogP contribution is 2.17. The van der Waals surface area contributed by atoms with Crippen LogP contribution in [0.1, 0.15) is 316 Å². The van der Waals surface area contributed by atoms with Gasteiger partial charge in [-0.2, -0.15) is 0 Å². The molecule has 0 aliphatic heterocycles. The molecule has 0 fully saturated rings. The standard InChI is InChI=1S/C61H112O6/c1-4-7-10-13-16-19-22-25-27-29-30-32-34-37-40-43-46-49-52-55-61(64)67-58(56-65-59(62)53-50-47-44-41-38-35-24-21-18-15-12-9-6-3)57-66-60(63)54-51-48-45-42-39-36-33-31-28-26-23-20-17-14-11-8-5-2/h17,20-21,24,26,28,58H,4-16,18-19,22-23,25,27,29-57H2,1-3H3/b20-17-,24-21-,28-26-/t58-/m0/s1. The third kappa shape index (κ3) is 54.4. The number of ether oxygens (including phenoxy) is 3. The van der Waals surface area contributed by atoms with Crippen LogP contribution in [0.5, 0.6) is 0 Å². The van der Waals surface area contributed by atoms with Crippen LogP contribution < -0.4 is 0 Å². The Morgan fingerprint density at radius 3 is 0.881 bits per heavy atom. The molecule has 0 aromatic heterocycles. The summed E-state index contributed by atoms with van der Waals surface area (Å²) in [5.74, 6) is -0.873. The third-order valence-corrected chi connectivity index (χ3v) is 13.1. The van der Waals surface area contributed by atoms with Gasteiger partial charge >= 0.3 is 17.9 Å². The van der Waals surface area contributed by atoms with E-state index in [1.165, 1.54) is 199 Å². The van der Waals surface area contributed by atoms with Crippen LogP contribution in [-0.2, 0) is 28.6 Å². The lowest BCUT2D eigenvalue weighted by molar-refractivity contribution is -0.167. The average Bonchev–Trinajstić information content (AvgIpc) is 3.33. The van der Waals surface area contributed by atoms with E-state index in [0.29, 0.717) is 19.3 Å². The highest BCUT2D eigenvalue weighted by Gasteiger charge is 2.19. The first kappa shape index (κ1) is 64.6. The van der Waals surface area contributed by atoms with Gasteiger partial charge in [0.05, 0.1) is 0 Å². The van der Waals surface area contributed by atoms with Crippen LogP contribution in [0.3, 0.4) is 0 Å². The zero-order valence-electron chi connectivity index (χ0n) is 44.9. The second-order valence-corrected chi connectivity index (χ2v) is 19.9. The molecule has 67 heavy (non-hydrogen) atoms. The van der Waals surface area contributed by atoms with E-state index in [1.54, 1.807) is 0 Å². The summed E-state index contributed by atoms with van der Waals surface area (Å²) >= 11 is 0. The van der Waals surface area contributed by atoms with Gasteiger partial charge in [0.2, 0.25) is 0 Å². The Bertz CT molecular complexity index is 1130. The van der Waals surface area contributed by atoms with Gasteiger partial charge in [0, 0.05) is 19.3 Å². The summed E-state index contributed by atoms with van der Waals surface area (Å²) in [6.45, 7) is 6.63. The van der Waals surface area contributed by atoms with Crippen LogP contribution >= 0.6 is 0 Å². The summed E-state index contributed by atoms with van der Waals surface area (Å²) in [7, 11) is 0. The molecule has 0 aliphatic carbocycles. The molecule has 0 N–H and O–H groups in total. The molecular formula is C61H112O6. The van der Waals surface area contributed by atoms with Gasteiger partial charge in [0.1, 0.15) is 13.2 Å².